The second-order valence-corrected chi connectivity index (χ2v) is 6.30. The van der Waals surface area contributed by atoms with Crippen LogP contribution in [-0.2, 0) is 4.79 Å². The molecule has 3 N–H and O–H groups in total. The maximum absolute atomic E-state index is 12.5. The Morgan fingerprint density at radius 2 is 2.09 bits per heavy atom. The van der Waals surface area contributed by atoms with Gasteiger partial charge in [0, 0.05) is 22.7 Å². The van der Waals surface area contributed by atoms with E-state index in [9.17, 15) is 9.59 Å². The first kappa shape index (κ1) is 17.5. The van der Waals surface area contributed by atoms with Gasteiger partial charge in [0.15, 0.2) is 0 Å². The zero-order valence-electron chi connectivity index (χ0n) is 13.0. The van der Waals surface area contributed by atoms with Gasteiger partial charge in [0.25, 0.3) is 0 Å². The summed E-state index contributed by atoms with van der Waals surface area (Å²) in [6.45, 7) is 1.95. The topological polar surface area (TPSA) is 85.3 Å². The maximum Gasteiger partial charge on any atom is 0.336 e. The van der Waals surface area contributed by atoms with Gasteiger partial charge >= 0.3 is 5.63 Å². The number of nitrogens with one attached hydrogen (secondary N) is 1. The Kier molecular flexibility index (Phi) is 5.12. The van der Waals surface area contributed by atoms with Gasteiger partial charge < -0.3 is 15.5 Å². The number of nitrogens with two attached hydrogens (primary N) is 1. The van der Waals surface area contributed by atoms with Crippen molar-refractivity contribution in [1.82, 2.24) is 0 Å². The van der Waals surface area contributed by atoms with Crippen molar-refractivity contribution in [2.45, 2.75) is 38.1 Å². The molecule has 124 valence electrons. The molecule has 5 nitrogen and oxygen atoms in total. The van der Waals surface area contributed by atoms with Gasteiger partial charge in [-0.3, -0.25) is 4.79 Å². The van der Waals surface area contributed by atoms with Crippen LogP contribution in [0.4, 0.5) is 5.69 Å². The molecule has 2 unspecified atom stereocenters. The molecule has 6 heteroatoms. The van der Waals surface area contributed by atoms with Crippen molar-refractivity contribution in [1.29, 1.82) is 0 Å². The lowest BCUT2D eigenvalue weighted by atomic mass is 9.74. The molecule has 0 spiro atoms. The molecule has 2 aromatic rings. The Morgan fingerprint density at radius 3 is 2.83 bits per heavy atom. The molecule has 1 aliphatic carbocycles. The molecule has 23 heavy (non-hydrogen) atoms. The highest BCUT2D eigenvalue weighted by Crippen LogP contribution is 2.32. The number of hydrogen-bond donors (Lipinski definition) is 2. The van der Waals surface area contributed by atoms with E-state index < -0.39 is 5.54 Å². The molecule has 1 heterocycles. The largest absolute Gasteiger partial charge is 0.423 e. The Bertz CT molecular complexity index is 770. The number of benzene rings is 1. The average molecular weight is 337 g/mol. The van der Waals surface area contributed by atoms with E-state index in [-0.39, 0.29) is 29.9 Å². The van der Waals surface area contributed by atoms with Crippen LogP contribution in [0.1, 0.15) is 32.6 Å². The standard InChI is InChI=1S/C17H20N2O3.ClH/c1-17(18)9-3-2-4-13(17)16(21)19-12-6-7-14-11(10-12)5-8-15(20)22-14;/h5-8,10,13H,2-4,9,18H2,1H3,(H,19,21);1H. The Labute approximate surface area is 140 Å². The lowest BCUT2D eigenvalue weighted by molar-refractivity contribution is -0.122. The normalized spacial score (nSPS) is 24.0. The van der Waals surface area contributed by atoms with Crippen LogP contribution in [-0.4, -0.2) is 11.4 Å². The molecule has 1 aromatic heterocycles. The number of amides is 1. The number of anilines is 1. The maximum atomic E-state index is 12.5. The second-order valence-electron chi connectivity index (χ2n) is 6.30. The second kappa shape index (κ2) is 6.72. The molecule has 0 radical (unpaired) electrons. The third-order valence-corrected chi connectivity index (χ3v) is 4.46. The smallest absolute Gasteiger partial charge is 0.336 e. The summed E-state index contributed by atoms with van der Waals surface area (Å²) in [6, 6.07) is 8.28. The highest BCUT2D eigenvalue weighted by Gasteiger charge is 2.37. The van der Waals surface area contributed by atoms with Gasteiger partial charge in [-0.05, 0) is 44.0 Å². The van der Waals surface area contributed by atoms with E-state index in [1.165, 1.54) is 6.07 Å². The molecule has 1 saturated carbocycles. The summed E-state index contributed by atoms with van der Waals surface area (Å²) < 4.78 is 5.08. The van der Waals surface area contributed by atoms with Crippen LogP contribution in [0, 0.1) is 5.92 Å². The molecule has 0 bridgehead atoms. The summed E-state index contributed by atoms with van der Waals surface area (Å²) in [5.41, 5.74) is 6.63. The van der Waals surface area contributed by atoms with E-state index in [2.05, 4.69) is 5.32 Å². The number of rotatable bonds is 2. The zero-order chi connectivity index (χ0) is 15.7. The van der Waals surface area contributed by atoms with E-state index in [4.69, 9.17) is 10.2 Å². The first-order chi connectivity index (χ1) is 10.5. The lowest BCUT2D eigenvalue weighted by Gasteiger charge is -2.37. The predicted octanol–water partition coefficient (Wildman–Crippen LogP) is 3.06. The minimum absolute atomic E-state index is 0. The fourth-order valence-corrected chi connectivity index (χ4v) is 3.17. The zero-order valence-corrected chi connectivity index (χ0v) is 13.8. The Balaban J connectivity index is 0.00000192. The van der Waals surface area contributed by atoms with Crippen LogP contribution in [0.15, 0.2) is 39.5 Å². The van der Waals surface area contributed by atoms with Crippen molar-refractivity contribution in [3.63, 3.8) is 0 Å². The molecule has 3 rings (SSSR count). The van der Waals surface area contributed by atoms with Gasteiger partial charge in [0.2, 0.25) is 5.91 Å². The average Bonchev–Trinajstić information content (AvgIpc) is 2.47. The van der Waals surface area contributed by atoms with Gasteiger partial charge in [0.05, 0.1) is 5.92 Å². The number of carbonyl (C=O) groups excluding carboxylic acids is 1. The summed E-state index contributed by atoms with van der Waals surface area (Å²) >= 11 is 0. The first-order valence-corrected chi connectivity index (χ1v) is 7.59. The molecule has 2 atom stereocenters. The van der Waals surface area contributed by atoms with Gasteiger partial charge in [-0.25, -0.2) is 4.79 Å². The monoisotopic (exact) mass is 336 g/mol. The molecule has 0 aliphatic heterocycles. The third-order valence-electron chi connectivity index (χ3n) is 4.46. The minimum atomic E-state index is -0.452. The Hall–Kier alpha value is -1.85. The van der Waals surface area contributed by atoms with Crippen LogP contribution >= 0.6 is 12.4 Å². The van der Waals surface area contributed by atoms with Crippen molar-refractivity contribution in [3.8, 4) is 0 Å². The van der Waals surface area contributed by atoms with Crippen molar-refractivity contribution >= 4 is 35.0 Å². The lowest BCUT2D eigenvalue weighted by Crippen LogP contribution is -2.51. The number of hydrogen-bond acceptors (Lipinski definition) is 4. The summed E-state index contributed by atoms with van der Waals surface area (Å²) in [6.07, 6.45) is 3.80. The van der Waals surface area contributed by atoms with Gasteiger partial charge in [-0.2, -0.15) is 0 Å². The molecule has 1 fully saturated rings. The van der Waals surface area contributed by atoms with E-state index in [0.717, 1.165) is 31.1 Å². The Morgan fingerprint density at radius 1 is 1.30 bits per heavy atom. The SMILES string of the molecule is CC1(N)CCCCC1C(=O)Nc1ccc2oc(=O)ccc2c1.Cl. The number of carbonyl (C=O) groups is 1. The van der Waals surface area contributed by atoms with E-state index in [0.29, 0.717) is 11.3 Å². The van der Waals surface area contributed by atoms with Crippen molar-refractivity contribution in [2.24, 2.45) is 11.7 Å². The van der Waals surface area contributed by atoms with Crippen molar-refractivity contribution in [3.05, 3.63) is 40.8 Å². The third kappa shape index (κ3) is 3.74. The van der Waals surface area contributed by atoms with Crippen LogP contribution in [0.2, 0.25) is 0 Å². The minimum Gasteiger partial charge on any atom is -0.423 e. The summed E-state index contributed by atoms with van der Waals surface area (Å²) in [5.74, 6) is -0.216. The van der Waals surface area contributed by atoms with Gasteiger partial charge in [0.1, 0.15) is 5.58 Å². The van der Waals surface area contributed by atoms with Gasteiger partial charge in [-0.1, -0.05) is 12.8 Å². The molecule has 0 saturated heterocycles. The van der Waals surface area contributed by atoms with Crippen molar-refractivity contribution < 1.29 is 9.21 Å². The van der Waals surface area contributed by atoms with E-state index in [1.807, 2.05) is 6.92 Å². The summed E-state index contributed by atoms with van der Waals surface area (Å²) in [7, 11) is 0. The first-order valence-electron chi connectivity index (χ1n) is 7.59. The molecular formula is C17H21ClN2O3. The predicted molar refractivity (Wildman–Crippen MR) is 92.9 cm³/mol. The number of halogens is 1. The summed E-state index contributed by atoms with van der Waals surface area (Å²) in [4.78, 5) is 23.7. The highest BCUT2D eigenvalue weighted by molar-refractivity contribution is 5.95. The fraction of sp³-hybridized carbons (Fsp3) is 0.412. The fourth-order valence-electron chi connectivity index (χ4n) is 3.17. The van der Waals surface area contributed by atoms with Crippen LogP contribution in [0.25, 0.3) is 11.0 Å². The van der Waals surface area contributed by atoms with Crippen LogP contribution in [0.5, 0.6) is 0 Å². The van der Waals surface area contributed by atoms with Crippen LogP contribution in [0.3, 0.4) is 0 Å². The molecule has 1 amide bonds. The van der Waals surface area contributed by atoms with Crippen LogP contribution < -0.4 is 16.7 Å². The quantitative estimate of drug-likeness (QED) is 0.825. The van der Waals surface area contributed by atoms with E-state index in [1.54, 1.807) is 24.3 Å². The highest BCUT2D eigenvalue weighted by atomic mass is 35.5. The summed E-state index contributed by atoms with van der Waals surface area (Å²) in [5, 5.41) is 3.71. The van der Waals surface area contributed by atoms with Gasteiger partial charge in [-0.15, -0.1) is 12.4 Å². The van der Waals surface area contributed by atoms with E-state index >= 15 is 0 Å². The van der Waals surface area contributed by atoms with Crippen molar-refractivity contribution in [2.75, 3.05) is 5.32 Å². The molecule has 1 aliphatic rings. The number of fused-ring (bicyclic) bond motifs is 1. The molecule has 1 aromatic carbocycles. The molecular weight excluding hydrogens is 316 g/mol.